The standard InChI is InChI=1S/C46H28N6O/c1-3-13-30(14-4-1)41-47-42(31-15-5-2-6-16-31)49-43(48-41)33-18-11-19-34(27-33)44-50-45(35-23-22-29-12-7-8-17-32(29)26-35)52-46(51-44)36-24-25-38-37-20-9-10-21-39(37)53-40(38)28-36/h1-28H. The summed E-state index contributed by atoms with van der Waals surface area (Å²) in [6, 6.07) is 56.7. The maximum atomic E-state index is 6.25. The highest BCUT2D eigenvalue weighted by atomic mass is 16.3. The quantitative estimate of drug-likeness (QED) is 0.173. The molecule has 3 heterocycles. The molecule has 53 heavy (non-hydrogen) atoms. The van der Waals surface area contributed by atoms with Crippen molar-refractivity contribution in [2.45, 2.75) is 0 Å². The fourth-order valence-corrected chi connectivity index (χ4v) is 6.69. The van der Waals surface area contributed by atoms with E-state index in [1.165, 1.54) is 0 Å². The van der Waals surface area contributed by atoms with Crippen LogP contribution in [0.25, 0.3) is 101 Å². The predicted octanol–water partition coefficient (Wildman–Crippen LogP) is 11.1. The summed E-state index contributed by atoms with van der Waals surface area (Å²) >= 11 is 0. The number of furan rings is 1. The molecule has 0 aliphatic rings. The minimum atomic E-state index is 0.533. The van der Waals surface area contributed by atoms with Gasteiger partial charge in [-0.15, -0.1) is 0 Å². The second-order valence-corrected chi connectivity index (χ2v) is 12.8. The summed E-state index contributed by atoms with van der Waals surface area (Å²) in [7, 11) is 0. The molecular formula is C46H28N6O. The van der Waals surface area contributed by atoms with Gasteiger partial charge in [0.25, 0.3) is 0 Å². The number of para-hydroxylation sites is 1. The molecule has 3 aromatic heterocycles. The molecule has 0 saturated heterocycles. The van der Waals surface area contributed by atoms with Gasteiger partial charge in [-0.05, 0) is 41.1 Å². The third kappa shape index (κ3) is 5.76. The highest BCUT2D eigenvalue weighted by Crippen LogP contribution is 2.34. The first-order valence-electron chi connectivity index (χ1n) is 17.4. The van der Waals surface area contributed by atoms with Crippen molar-refractivity contribution in [1.82, 2.24) is 29.9 Å². The van der Waals surface area contributed by atoms with Gasteiger partial charge < -0.3 is 4.42 Å². The van der Waals surface area contributed by atoms with Crippen LogP contribution in [0, 0.1) is 0 Å². The third-order valence-electron chi connectivity index (χ3n) is 9.36. The summed E-state index contributed by atoms with van der Waals surface area (Å²) in [4.78, 5) is 30.0. The van der Waals surface area contributed by atoms with Gasteiger partial charge in [0.2, 0.25) is 0 Å². The third-order valence-corrected chi connectivity index (χ3v) is 9.36. The van der Waals surface area contributed by atoms with Crippen LogP contribution in [0.4, 0.5) is 0 Å². The van der Waals surface area contributed by atoms with Crippen LogP contribution >= 0.6 is 0 Å². The van der Waals surface area contributed by atoms with Gasteiger partial charge in [0.05, 0.1) is 0 Å². The molecule has 10 rings (SSSR count). The topological polar surface area (TPSA) is 90.5 Å². The SMILES string of the molecule is c1ccc(-c2nc(-c3ccccc3)nc(-c3cccc(-c4nc(-c5ccc6ccccc6c5)nc(-c5ccc6c(c5)oc5ccccc56)n4)c3)n2)cc1. The molecule has 10 aromatic rings. The lowest BCUT2D eigenvalue weighted by Gasteiger charge is -2.11. The van der Waals surface area contributed by atoms with Crippen molar-refractivity contribution in [1.29, 1.82) is 0 Å². The van der Waals surface area contributed by atoms with Crippen LogP contribution < -0.4 is 0 Å². The predicted molar refractivity (Wildman–Crippen MR) is 211 cm³/mol. The van der Waals surface area contributed by atoms with Gasteiger partial charge in [0, 0.05) is 44.2 Å². The Hall–Kier alpha value is -7.38. The molecule has 0 amide bonds. The summed E-state index contributed by atoms with van der Waals surface area (Å²) in [5.41, 5.74) is 6.79. The highest BCUT2D eigenvalue weighted by Gasteiger charge is 2.17. The smallest absolute Gasteiger partial charge is 0.164 e. The van der Waals surface area contributed by atoms with E-state index in [0.29, 0.717) is 34.9 Å². The van der Waals surface area contributed by atoms with E-state index in [4.69, 9.17) is 34.3 Å². The zero-order chi connectivity index (χ0) is 35.1. The Balaban J connectivity index is 1.13. The molecule has 0 aliphatic carbocycles. The first-order chi connectivity index (χ1) is 26.2. The largest absolute Gasteiger partial charge is 0.456 e. The summed E-state index contributed by atoms with van der Waals surface area (Å²) < 4.78 is 6.25. The number of hydrogen-bond donors (Lipinski definition) is 0. The van der Waals surface area contributed by atoms with Crippen molar-refractivity contribution in [3.63, 3.8) is 0 Å². The summed E-state index contributed by atoms with van der Waals surface area (Å²) in [5, 5.41) is 4.37. The van der Waals surface area contributed by atoms with E-state index in [1.54, 1.807) is 0 Å². The number of benzene rings is 7. The molecule has 0 bridgehead atoms. The molecule has 0 unspecified atom stereocenters. The lowest BCUT2D eigenvalue weighted by molar-refractivity contribution is 0.669. The van der Waals surface area contributed by atoms with Crippen LogP contribution in [0.3, 0.4) is 0 Å². The van der Waals surface area contributed by atoms with E-state index in [2.05, 4.69) is 42.5 Å². The Morgan fingerprint density at radius 3 is 1.32 bits per heavy atom. The minimum Gasteiger partial charge on any atom is -0.456 e. The number of rotatable bonds is 6. The van der Waals surface area contributed by atoms with Crippen LogP contribution in [-0.2, 0) is 0 Å². The summed E-state index contributed by atoms with van der Waals surface area (Å²) in [5.74, 6) is 3.40. The van der Waals surface area contributed by atoms with Gasteiger partial charge in [-0.3, -0.25) is 0 Å². The fourth-order valence-electron chi connectivity index (χ4n) is 6.69. The molecule has 0 radical (unpaired) electrons. The molecule has 0 saturated carbocycles. The summed E-state index contributed by atoms with van der Waals surface area (Å²) in [6.07, 6.45) is 0. The zero-order valence-electron chi connectivity index (χ0n) is 28.3. The fraction of sp³-hybridized carbons (Fsp3) is 0. The monoisotopic (exact) mass is 680 g/mol. The first-order valence-corrected chi connectivity index (χ1v) is 17.4. The lowest BCUT2D eigenvalue weighted by atomic mass is 10.1. The first kappa shape index (κ1) is 30.4. The normalized spacial score (nSPS) is 11.4. The molecule has 0 aliphatic heterocycles. The van der Waals surface area contributed by atoms with Gasteiger partial charge in [0.15, 0.2) is 34.9 Å². The number of hydrogen-bond acceptors (Lipinski definition) is 7. The van der Waals surface area contributed by atoms with Crippen molar-refractivity contribution in [3.05, 3.63) is 170 Å². The Kier molecular flexibility index (Phi) is 7.32. The maximum absolute atomic E-state index is 6.25. The number of aromatic nitrogens is 6. The Morgan fingerprint density at radius 1 is 0.264 bits per heavy atom. The average molecular weight is 681 g/mol. The Bertz CT molecular complexity index is 2900. The van der Waals surface area contributed by atoms with Crippen molar-refractivity contribution in [3.8, 4) is 68.3 Å². The molecule has 248 valence electrons. The maximum Gasteiger partial charge on any atom is 0.164 e. The van der Waals surface area contributed by atoms with Crippen LogP contribution in [0.1, 0.15) is 0 Å². The van der Waals surface area contributed by atoms with Crippen LogP contribution in [-0.4, -0.2) is 29.9 Å². The average Bonchev–Trinajstić information content (AvgIpc) is 3.62. The molecular weight excluding hydrogens is 653 g/mol. The van der Waals surface area contributed by atoms with Crippen molar-refractivity contribution >= 4 is 32.7 Å². The second-order valence-electron chi connectivity index (χ2n) is 12.8. The van der Waals surface area contributed by atoms with E-state index in [-0.39, 0.29) is 0 Å². The van der Waals surface area contributed by atoms with Crippen LogP contribution in [0.5, 0.6) is 0 Å². The van der Waals surface area contributed by atoms with E-state index >= 15 is 0 Å². The zero-order valence-corrected chi connectivity index (χ0v) is 28.3. The van der Waals surface area contributed by atoms with Gasteiger partial charge in [-0.1, -0.05) is 140 Å². The van der Waals surface area contributed by atoms with Gasteiger partial charge in [-0.2, -0.15) is 0 Å². The van der Waals surface area contributed by atoms with Crippen LogP contribution in [0.15, 0.2) is 174 Å². The van der Waals surface area contributed by atoms with Crippen molar-refractivity contribution in [2.24, 2.45) is 0 Å². The molecule has 0 fully saturated rings. The molecule has 0 atom stereocenters. The summed E-state index contributed by atoms with van der Waals surface area (Å²) in [6.45, 7) is 0. The van der Waals surface area contributed by atoms with Gasteiger partial charge in [0.1, 0.15) is 11.2 Å². The molecule has 0 N–H and O–H groups in total. The lowest BCUT2D eigenvalue weighted by Crippen LogP contribution is -2.01. The molecule has 0 spiro atoms. The van der Waals surface area contributed by atoms with E-state index in [1.807, 2.05) is 127 Å². The van der Waals surface area contributed by atoms with Crippen molar-refractivity contribution in [2.75, 3.05) is 0 Å². The van der Waals surface area contributed by atoms with E-state index in [0.717, 1.165) is 66.1 Å². The molecule has 7 aromatic carbocycles. The highest BCUT2D eigenvalue weighted by molar-refractivity contribution is 6.05. The Morgan fingerprint density at radius 2 is 0.698 bits per heavy atom. The van der Waals surface area contributed by atoms with E-state index in [9.17, 15) is 0 Å². The van der Waals surface area contributed by atoms with Gasteiger partial charge >= 0.3 is 0 Å². The van der Waals surface area contributed by atoms with Crippen molar-refractivity contribution < 1.29 is 4.42 Å². The van der Waals surface area contributed by atoms with E-state index < -0.39 is 0 Å². The number of nitrogens with zero attached hydrogens (tertiary/aromatic N) is 6. The molecule has 7 heteroatoms. The number of fused-ring (bicyclic) bond motifs is 4. The minimum absolute atomic E-state index is 0.533. The molecule has 7 nitrogen and oxygen atoms in total. The van der Waals surface area contributed by atoms with Gasteiger partial charge in [-0.25, -0.2) is 29.9 Å². The Labute approximate surface area is 304 Å². The second kappa shape index (κ2) is 12.7. The van der Waals surface area contributed by atoms with Crippen LogP contribution in [0.2, 0.25) is 0 Å².